The summed E-state index contributed by atoms with van der Waals surface area (Å²) in [7, 11) is -1.15. The van der Waals surface area contributed by atoms with Gasteiger partial charge in [0.05, 0.1) is 17.0 Å². The van der Waals surface area contributed by atoms with Crippen molar-refractivity contribution in [2.24, 2.45) is 0 Å². The first-order chi connectivity index (χ1) is 13.1. The van der Waals surface area contributed by atoms with Crippen molar-refractivity contribution in [3.8, 4) is 0 Å². The Kier molecular flexibility index (Phi) is 8.51. The molecule has 0 heterocycles. The first-order valence-corrected chi connectivity index (χ1v) is 9.93. The number of carbonyl (C=O) groups excluding carboxylic acids is 3. The molecule has 0 aliphatic heterocycles. The van der Waals surface area contributed by atoms with Crippen molar-refractivity contribution in [2.45, 2.75) is 18.7 Å². The fourth-order valence-corrected chi connectivity index (χ4v) is 3.72. The number of sulfonamides is 1. The highest BCUT2D eigenvalue weighted by Crippen LogP contribution is 2.20. The lowest BCUT2D eigenvalue weighted by molar-refractivity contribution is -0.137. The summed E-state index contributed by atoms with van der Waals surface area (Å²) < 4.78 is 45.0. The van der Waals surface area contributed by atoms with E-state index in [0.717, 1.165) is 27.4 Å². The summed E-state index contributed by atoms with van der Waals surface area (Å²) in [5, 5.41) is 2.34. The van der Waals surface area contributed by atoms with Gasteiger partial charge >= 0.3 is 5.97 Å². The second kappa shape index (κ2) is 10.1. The molecule has 0 spiro atoms. The predicted octanol–water partition coefficient (Wildman–Crippen LogP) is 0.217. The molecule has 1 aromatic carbocycles. The first-order valence-electron chi connectivity index (χ1n) is 8.49. The van der Waals surface area contributed by atoms with E-state index in [1.54, 1.807) is 13.8 Å². The van der Waals surface area contributed by atoms with E-state index in [2.05, 4.69) is 5.32 Å². The van der Waals surface area contributed by atoms with Gasteiger partial charge in [0.2, 0.25) is 15.9 Å². The van der Waals surface area contributed by atoms with Gasteiger partial charge in [0, 0.05) is 27.2 Å². The molecule has 1 rings (SSSR count). The second-order valence-corrected chi connectivity index (χ2v) is 7.67. The maximum atomic E-state index is 14.0. The van der Waals surface area contributed by atoms with Crippen LogP contribution in [-0.2, 0) is 24.3 Å². The standard InChI is InChI=1S/C17H24FN3O6S/c1-5-21(6-2)28(25,26)12-7-8-14(18)13(9-12)17(24)27-11-16(23)20(4)10-15(22)19-3/h7-9H,5-6,10-11H2,1-4H3,(H,19,22). The summed E-state index contributed by atoms with van der Waals surface area (Å²) in [6.07, 6.45) is 0. The summed E-state index contributed by atoms with van der Waals surface area (Å²) >= 11 is 0. The van der Waals surface area contributed by atoms with Crippen LogP contribution in [0.15, 0.2) is 23.1 Å². The van der Waals surface area contributed by atoms with Gasteiger partial charge in [-0.3, -0.25) is 9.59 Å². The third kappa shape index (κ3) is 5.73. The molecular weight excluding hydrogens is 393 g/mol. The Hall–Kier alpha value is -2.53. The van der Waals surface area contributed by atoms with Crippen molar-refractivity contribution in [3.63, 3.8) is 0 Å². The Labute approximate surface area is 163 Å². The lowest BCUT2D eigenvalue weighted by atomic mass is 10.2. The fraction of sp³-hybridized carbons (Fsp3) is 0.471. The van der Waals surface area contributed by atoms with Crippen molar-refractivity contribution in [1.82, 2.24) is 14.5 Å². The van der Waals surface area contributed by atoms with Gasteiger partial charge in [-0.1, -0.05) is 13.8 Å². The molecule has 1 N–H and O–H groups in total. The number of rotatable bonds is 9. The van der Waals surface area contributed by atoms with Crippen LogP contribution in [0, 0.1) is 5.82 Å². The highest BCUT2D eigenvalue weighted by atomic mass is 32.2. The number of amides is 2. The summed E-state index contributed by atoms with van der Waals surface area (Å²) in [5.41, 5.74) is -0.602. The van der Waals surface area contributed by atoms with Crippen LogP contribution in [-0.4, -0.2) is 75.7 Å². The summed E-state index contributed by atoms with van der Waals surface area (Å²) in [5.74, 6) is -3.25. The molecule has 0 unspecified atom stereocenters. The molecule has 0 fully saturated rings. The average molecular weight is 417 g/mol. The Morgan fingerprint density at radius 3 is 2.32 bits per heavy atom. The fourth-order valence-electron chi connectivity index (χ4n) is 2.23. The van der Waals surface area contributed by atoms with Crippen LogP contribution in [0.3, 0.4) is 0 Å². The van der Waals surface area contributed by atoms with Crippen LogP contribution in [0.2, 0.25) is 0 Å². The van der Waals surface area contributed by atoms with Gasteiger partial charge in [-0.25, -0.2) is 17.6 Å². The van der Waals surface area contributed by atoms with Crippen LogP contribution in [0.5, 0.6) is 0 Å². The first kappa shape index (κ1) is 23.5. The summed E-state index contributed by atoms with van der Waals surface area (Å²) in [6.45, 7) is 2.77. The van der Waals surface area contributed by atoms with Gasteiger partial charge < -0.3 is 15.0 Å². The number of carbonyl (C=O) groups is 3. The second-order valence-electron chi connectivity index (χ2n) is 5.73. The van der Waals surface area contributed by atoms with E-state index in [0.29, 0.717) is 0 Å². The molecule has 0 aromatic heterocycles. The molecule has 0 aliphatic rings. The molecule has 9 nitrogen and oxygen atoms in total. The molecule has 0 radical (unpaired) electrons. The number of benzene rings is 1. The van der Waals surface area contributed by atoms with Gasteiger partial charge in [-0.2, -0.15) is 4.31 Å². The number of nitrogens with one attached hydrogen (secondary N) is 1. The Balaban J connectivity index is 2.95. The minimum atomic E-state index is -3.90. The Morgan fingerprint density at radius 1 is 1.18 bits per heavy atom. The quantitative estimate of drug-likeness (QED) is 0.575. The van der Waals surface area contributed by atoms with Crippen LogP contribution >= 0.6 is 0 Å². The highest BCUT2D eigenvalue weighted by Gasteiger charge is 2.25. The lowest BCUT2D eigenvalue weighted by Gasteiger charge is -2.19. The molecule has 156 valence electrons. The molecule has 28 heavy (non-hydrogen) atoms. The lowest BCUT2D eigenvalue weighted by Crippen LogP contribution is -2.39. The minimum absolute atomic E-state index is 0.210. The predicted molar refractivity (Wildman–Crippen MR) is 98.5 cm³/mol. The zero-order valence-electron chi connectivity index (χ0n) is 16.2. The average Bonchev–Trinajstić information content (AvgIpc) is 2.66. The number of hydrogen-bond donors (Lipinski definition) is 1. The van der Waals surface area contributed by atoms with E-state index >= 15 is 0 Å². The van der Waals surface area contributed by atoms with Crippen molar-refractivity contribution in [1.29, 1.82) is 0 Å². The molecule has 11 heteroatoms. The van der Waals surface area contributed by atoms with E-state index in [1.165, 1.54) is 14.1 Å². The molecule has 2 amide bonds. The van der Waals surface area contributed by atoms with Gasteiger partial charge in [-0.15, -0.1) is 0 Å². The van der Waals surface area contributed by atoms with Crippen LogP contribution in [0.25, 0.3) is 0 Å². The number of likely N-dealkylation sites (N-methyl/N-ethyl adjacent to an activating group) is 2. The van der Waals surface area contributed by atoms with Crippen molar-refractivity contribution in [3.05, 3.63) is 29.6 Å². The summed E-state index contributed by atoms with van der Waals surface area (Å²) in [6, 6.07) is 2.79. The van der Waals surface area contributed by atoms with Crippen LogP contribution in [0.1, 0.15) is 24.2 Å². The molecule has 0 saturated heterocycles. The van der Waals surface area contributed by atoms with E-state index in [-0.39, 0.29) is 24.5 Å². The van der Waals surface area contributed by atoms with Gasteiger partial charge in [-0.05, 0) is 18.2 Å². The summed E-state index contributed by atoms with van der Waals surface area (Å²) in [4.78, 5) is 36.0. The number of hydrogen-bond acceptors (Lipinski definition) is 6. The van der Waals surface area contributed by atoms with Gasteiger partial charge in [0.25, 0.3) is 5.91 Å². The largest absolute Gasteiger partial charge is 0.452 e. The SMILES string of the molecule is CCN(CC)S(=O)(=O)c1ccc(F)c(C(=O)OCC(=O)N(C)CC(=O)NC)c1. The maximum absolute atomic E-state index is 14.0. The number of halogens is 1. The van der Waals surface area contributed by atoms with E-state index in [4.69, 9.17) is 4.74 Å². The Morgan fingerprint density at radius 2 is 1.79 bits per heavy atom. The molecular formula is C17H24FN3O6S. The molecule has 0 bridgehead atoms. The van der Waals surface area contributed by atoms with E-state index < -0.39 is 45.8 Å². The van der Waals surface area contributed by atoms with E-state index in [1.807, 2.05) is 0 Å². The van der Waals surface area contributed by atoms with Gasteiger partial charge in [0.1, 0.15) is 5.82 Å². The zero-order chi connectivity index (χ0) is 21.5. The smallest absolute Gasteiger partial charge is 0.341 e. The maximum Gasteiger partial charge on any atom is 0.341 e. The molecule has 0 atom stereocenters. The third-order valence-corrected chi connectivity index (χ3v) is 5.96. The van der Waals surface area contributed by atoms with Crippen molar-refractivity contribution >= 4 is 27.8 Å². The number of esters is 1. The molecule has 1 aromatic rings. The van der Waals surface area contributed by atoms with Crippen molar-refractivity contribution < 1.29 is 31.9 Å². The Bertz CT molecular complexity index is 839. The van der Waals surface area contributed by atoms with Crippen molar-refractivity contribution in [2.75, 3.05) is 40.3 Å². The third-order valence-electron chi connectivity index (χ3n) is 3.91. The minimum Gasteiger partial charge on any atom is -0.452 e. The molecule has 0 saturated carbocycles. The number of nitrogens with zero attached hydrogens (tertiary/aromatic N) is 2. The van der Waals surface area contributed by atoms with Crippen LogP contribution < -0.4 is 5.32 Å². The number of ether oxygens (including phenoxy) is 1. The van der Waals surface area contributed by atoms with Gasteiger partial charge in [0.15, 0.2) is 6.61 Å². The van der Waals surface area contributed by atoms with E-state index in [9.17, 15) is 27.2 Å². The molecule has 0 aliphatic carbocycles. The normalized spacial score (nSPS) is 11.2. The van der Waals surface area contributed by atoms with Crippen LogP contribution in [0.4, 0.5) is 4.39 Å². The highest BCUT2D eigenvalue weighted by molar-refractivity contribution is 7.89. The topological polar surface area (TPSA) is 113 Å². The zero-order valence-corrected chi connectivity index (χ0v) is 17.0. The monoisotopic (exact) mass is 417 g/mol.